The Hall–Kier alpha value is -0.930. The van der Waals surface area contributed by atoms with E-state index >= 15 is 0 Å². The molecule has 0 aliphatic carbocycles. The fourth-order valence-electron chi connectivity index (χ4n) is 1.88. The van der Waals surface area contributed by atoms with E-state index in [2.05, 4.69) is 10.6 Å². The highest BCUT2D eigenvalue weighted by molar-refractivity contribution is 5.16. The number of hydrogen-bond donors (Lipinski definition) is 1. The third kappa shape index (κ3) is 3.29. The van der Waals surface area contributed by atoms with Crippen LogP contribution in [0.5, 0.6) is 0 Å². The average molecular weight is 207 g/mol. The Balaban J connectivity index is 1.81. The first-order valence-electron chi connectivity index (χ1n) is 5.46. The molecule has 1 radical (unpaired) electrons. The second kappa shape index (κ2) is 5.24. The first kappa shape index (κ1) is 10.6. The van der Waals surface area contributed by atoms with Gasteiger partial charge in [-0.15, -0.1) is 0 Å². The summed E-state index contributed by atoms with van der Waals surface area (Å²) in [6.45, 7) is 2.87. The van der Waals surface area contributed by atoms with Crippen molar-refractivity contribution in [2.45, 2.75) is 18.9 Å². The molecule has 1 aromatic rings. The lowest BCUT2D eigenvalue weighted by molar-refractivity contribution is 0.392. The summed E-state index contributed by atoms with van der Waals surface area (Å²) >= 11 is 0. The smallest absolute Gasteiger partial charge is 0.123 e. The molecule has 1 unspecified atom stereocenters. The molecule has 0 bridgehead atoms. The zero-order valence-electron chi connectivity index (χ0n) is 8.75. The molecule has 0 amide bonds. The minimum atomic E-state index is -0.147. The number of benzene rings is 1. The molecule has 1 fully saturated rings. The molecule has 0 aromatic heterocycles. The number of halogens is 1. The summed E-state index contributed by atoms with van der Waals surface area (Å²) < 4.78 is 12.9. The predicted octanol–water partition coefficient (Wildman–Crippen LogP) is 1.33. The summed E-state index contributed by atoms with van der Waals surface area (Å²) in [7, 11) is 0. The van der Waals surface area contributed by atoms with Crippen molar-refractivity contribution in [3.8, 4) is 0 Å². The van der Waals surface area contributed by atoms with Crippen LogP contribution in [0.3, 0.4) is 0 Å². The van der Waals surface area contributed by atoms with Gasteiger partial charge in [-0.1, -0.05) is 12.1 Å². The van der Waals surface area contributed by atoms with E-state index in [1.807, 2.05) is 6.07 Å². The van der Waals surface area contributed by atoms with Crippen molar-refractivity contribution in [3.63, 3.8) is 0 Å². The molecule has 1 aliphatic heterocycles. The summed E-state index contributed by atoms with van der Waals surface area (Å²) in [5.41, 5.74) is 1.07. The van der Waals surface area contributed by atoms with Gasteiger partial charge in [0.2, 0.25) is 0 Å². The molecule has 1 aliphatic rings. The summed E-state index contributed by atoms with van der Waals surface area (Å²) in [6, 6.07) is 7.23. The summed E-state index contributed by atoms with van der Waals surface area (Å²) in [4.78, 5) is 0. The molecule has 0 saturated carbocycles. The SMILES string of the molecule is Fc1cccc(CCC2CNCC[N]2)c1. The van der Waals surface area contributed by atoms with Crippen molar-refractivity contribution >= 4 is 0 Å². The van der Waals surface area contributed by atoms with Crippen LogP contribution in [0, 0.1) is 5.82 Å². The topological polar surface area (TPSA) is 26.1 Å². The van der Waals surface area contributed by atoms with Crippen LogP contribution in [0.15, 0.2) is 24.3 Å². The number of aryl methyl sites for hydroxylation is 1. The van der Waals surface area contributed by atoms with E-state index in [-0.39, 0.29) is 5.82 Å². The van der Waals surface area contributed by atoms with Gasteiger partial charge < -0.3 is 5.32 Å². The fraction of sp³-hybridized carbons (Fsp3) is 0.500. The van der Waals surface area contributed by atoms with Crippen LogP contribution in [-0.4, -0.2) is 25.7 Å². The second-order valence-corrected chi connectivity index (χ2v) is 3.93. The Morgan fingerprint density at radius 2 is 2.40 bits per heavy atom. The van der Waals surface area contributed by atoms with E-state index < -0.39 is 0 Å². The Morgan fingerprint density at radius 3 is 3.13 bits per heavy atom. The van der Waals surface area contributed by atoms with Gasteiger partial charge in [-0.05, 0) is 30.5 Å². The molecule has 1 heterocycles. The van der Waals surface area contributed by atoms with Gasteiger partial charge >= 0.3 is 0 Å². The van der Waals surface area contributed by atoms with Gasteiger partial charge in [-0.3, -0.25) is 0 Å². The van der Waals surface area contributed by atoms with Gasteiger partial charge in [-0.2, -0.15) is 0 Å². The number of hydrogen-bond acceptors (Lipinski definition) is 1. The van der Waals surface area contributed by atoms with Gasteiger partial charge in [0.25, 0.3) is 0 Å². The lowest BCUT2D eigenvalue weighted by Gasteiger charge is -2.22. The van der Waals surface area contributed by atoms with Crippen LogP contribution in [0.2, 0.25) is 0 Å². The Kier molecular flexibility index (Phi) is 3.69. The van der Waals surface area contributed by atoms with E-state index in [9.17, 15) is 4.39 Å². The van der Waals surface area contributed by atoms with Crippen LogP contribution in [0.4, 0.5) is 4.39 Å². The van der Waals surface area contributed by atoms with Crippen molar-refractivity contribution in [1.82, 2.24) is 10.6 Å². The number of nitrogens with one attached hydrogen (secondary N) is 1. The molecule has 2 nitrogen and oxygen atoms in total. The molecule has 81 valence electrons. The molecular formula is C12H16FN2. The van der Waals surface area contributed by atoms with E-state index in [0.717, 1.165) is 38.0 Å². The van der Waals surface area contributed by atoms with E-state index in [4.69, 9.17) is 0 Å². The monoisotopic (exact) mass is 207 g/mol. The second-order valence-electron chi connectivity index (χ2n) is 3.93. The standard InChI is InChI=1S/C12H16FN2/c13-11-3-1-2-10(8-11)4-5-12-9-14-6-7-15-12/h1-3,8,12,14H,4-7,9H2. The number of piperazine rings is 1. The molecule has 1 aromatic carbocycles. The molecular weight excluding hydrogens is 191 g/mol. The highest BCUT2D eigenvalue weighted by Gasteiger charge is 2.12. The molecule has 1 atom stereocenters. The quantitative estimate of drug-likeness (QED) is 0.795. The minimum Gasteiger partial charge on any atom is -0.314 e. The normalized spacial score (nSPS) is 21.5. The maximum atomic E-state index is 12.9. The highest BCUT2D eigenvalue weighted by atomic mass is 19.1. The van der Waals surface area contributed by atoms with Gasteiger partial charge in [0.1, 0.15) is 5.82 Å². The van der Waals surface area contributed by atoms with E-state index in [1.54, 1.807) is 12.1 Å². The van der Waals surface area contributed by atoms with Crippen molar-refractivity contribution in [2.75, 3.05) is 19.6 Å². The summed E-state index contributed by atoms with van der Waals surface area (Å²) in [5, 5.41) is 7.83. The van der Waals surface area contributed by atoms with Crippen LogP contribution < -0.4 is 10.6 Å². The zero-order chi connectivity index (χ0) is 10.5. The molecule has 2 rings (SSSR count). The first-order chi connectivity index (χ1) is 7.34. The van der Waals surface area contributed by atoms with Crippen LogP contribution >= 0.6 is 0 Å². The summed E-state index contributed by atoms with van der Waals surface area (Å²) in [5.74, 6) is -0.147. The highest BCUT2D eigenvalue weighted by Crippen LogP contribution is 2.08. The maximum absolute atomic E-state index is 12.9. The predicted molar refractivity (Wildman–Crippen MR) is 58.4 cm³/mol. The zero-order valence-corrected chi connectivity index (χ0v) is 8.75. The van der Waals surface area contributed by atoms with Crippen molar-refractivity contribution in [3.05, 3.63) is 35.6 Å². The maximum Gasteiger partial charge on any atom is 0.123 e. The molecule has 3 heteroatoms. The lowest BCUT2D eigenvalue weighted by Crippen LogP contribution is -2.44. The minimum absolute atomic E-state index is 0.147. The Labute approximate surface area is 89.9 Å². The van der Waals surface area contributed by atoms with Crippen LogP contribution in [0.1, 0.15) is 12.0 Å². The fourth-order valence-corrected chi connectivity index (χ4v) is 1.88. The molecule has 1 N–H and O–H groups in total. The van der Waals surface area contributed by atoms with E-state index in [0.29, 0.717) is 6.04 Å². The number of rotatable bonds is 3. The van der Waals surface area contributed by atoms with Crippen LogP contribution in [-0.2, 0) is 6.42 Å². The van der Waals surface area contributed by atoms with Crippen molar-refractivity contribution in [2.24, 2.45) is 0 Å². The average Bonchev–Trinajstić information content (AvgIpc) is 2.28. The first-order valence-corrected chi connectivity index (χ1v) is 5.46. The van der Waals surface area contributed by atoms with Crippen LogP contribution in [0.25, 0.3) is 0 Å². The largest absolute Gasteiger partial charge is 0.314 e. The van der Waals surface area contributed by atoms with Crippen molar-refractivity contribution < 1.29 is 4.39 Å². The van der Waals surface area contributed by atoms with E-state index in [1.165, 1.54) is 6.07 Å². The van der Waals surface area contributed by atoms with Gasteiger partial charge in [0, 0.05) is 25.7 Å². The van der Waals surface area contributed by atoms with Gasteiger partial charge in [0.05, 0.1) is 0 Å². The van der Waals surface area contributed by atoms with Gasteiger partial charge in [-0.25, -0.2) is 9.71 Å². The van der Waals surface area contributed by atoms with Crippen molar-refractivity contribution in [1.29, 1.82) is 0 Å². The summed E-state index contributed by atoms with van der Waals surface area (Å²) in [6.07, 6.45) is 1.92. The molecule has 0 spiro atoms. The third-order valence-corrected chi connectivity index (χ3v) is 2.71. The molecule has 1 saturated heterocycles. The Bertz CT molecular complexity index is 308. The Morgan fingerprint density at radius 1 is 1.47 bits per heavy atom. The lowest BCUT2D eigenvalue weighted by atomic mass is 10.0. The third-order valence-electron chi connectivity index (χ3n) is 2.71. The number of nitrogens with zero attached hydrogens (tertiary/aromatic N) is 1. The molecule has 15 heavy (non-hydrogen) atoms. The van der Waals surface area contributed by atoms with Gasteiger partial charge in [0.15, 0.2) is 0 Å².